The Kier molecular flexibility index (Phi) is 7.18. The lowest BCUT2D eigenvalue weighted by atomic mass is 9.96. The molecule has 0 saturated carbocycles. The average Bonchev–Trinajstić information content (AvgIpc) is 3.12. The van der Waals surface area contributed by atoms with Crippen molar-refractivity contribution in [2.45, 2.75) is 45.1 Å². The predicted molar refractivity (Wildman–Crippen MR) is 116 cm³/mol. The Morgan fingerprint density at radius 2 is 1.71 bits per heavy atom. The number of carbonyl (C=O) groups excluding carboxylic acids is 4. The molecule has 2 aromatic rings. The molecule has 1 heterocycles. The number of imide groups is 1. The minimum absolute atomic E-state index is 0.159. The lowest BCUT2D eigenvalue weighted by molar-refractivity contribution is -0.129. The highest BCUT2D eigenvalue weighted by Crippen LogP contribution is 2.24. The van der Waals surface area contributed by atoms with Crippen LogP contribution in [0.2, 0.25) is 0 Å². The van der Waals surface area contributed by atoms with Crippen molar-refractivity contribution in [2.24, 2.45) is 0 Å². The summed E-state index contributed by atoms with van der Waals surface area (Å²) in [6, 6.07) is 16.0. The molecule has 1 fully saturated rings. The number of nitrogens with one attached hydrogen (secondary N) is 1. The number of ether oxygens (including phenoxy) is 1. The Bertz CT molecular complexity index is 957. The number of hydrogen-bond acceptors (Lipinski definition) is 5. The highest BCUT2D eigenvalue weighted by Gasteiger charge is 2.31. The maximum atomic E-state index is 12.5. The summed E-state index contributed by atoms with van der Waals surface area (Å²) in [6.07, 6.45) is 0.192. The van der Waals surface area contributed by atoms with E-state index in [1.165, 1.54) is 19.1 Å². The minimum atomic E-state index is -0.987. The van der Waals surface area contributed by atoms with Crippen molar-refractivity contribution in [1.29, 1.82) is 0 Å². The van der Waals surface area contributed by atoms with E-state index < -0.39 is 12.1 Å². The van der Waals surface area contributed by atoms with Gasteiger partial charge in [0.15, 0.2) is 6.10 Å². The molecule has 3 amide bonds. The second kappa shape index (κ2) is 10.0. The van der Waals surface area contributed by atoms with E-state index in [2.05, 4.69) is 12.2 Å². The van der Waals surface area contributed by atoms with Gasteiger partial charge in [-0.05, 0) is 37.1 Å². The SMILES string of the molecule is CC[C@H](CNC(=O)[C@H](C)OC(=O)c1cccc(N2C(=O)CCC2=O)c1)c1ccccc1. The fourth-order valence-corrected chi connectivity index (χ4v) is 3.51. The molecule has 0 radical (unpaired) electrons. The first kappa shape index (κ1) is 22.2. The van der Waals surface area contributed by atoms with Crippen molar-refractivity contribution in [3.05, 3.63) is 65.7 Å². The molecule has 7 heteroatoms. The quantitative estimate of drug-likeness (QED) is 0.521. The van der Waals surface area contributed by atoms with Gasteiger partial charge in [0.25, 0.3) is 5.91 Å². The Hall–Kier alpha value is -3.48. The van der Waals surface area contributed by atoms with E-state index in [-0.39, 0.29) is 42.0 Å². The van der Waals surface area contributed by atoms with Crippen molar-refractivity contribution in [3.63, 3.8) is 0 Å². The fourth-order valence-electron chi connectivity index (χ4n) is 3.51. The van der Waals surface area contributed by atoms with E-state index in [0.717, 1.165) is 16.9 Å². The summed E-state index contributed by atoms with van der Waals surface area (Å²) in [7, 11) is 0. The summed E-state index contributed by atoms with van der Waals surface area (Å²) in [5.41, 5.74) is 1.63. The lowest BCUT2D eigenvalue weighted by Gasteiger charge is -2.19. The Morgan fingerprint density at radius 3 is 2.35 bits per heavy atom. The molecule has 31 heavy (non-hydrogen) atoms. The summed E-state index contributed by atoms with van der Waals surface area (Å²) in [5, 5.41) is 2.84. The first-order chi connectivity index (χ1) is 14.9. The fraction of sp³-hybridized carbons (Fsp3) is 0.333. The third-order valence-electron chi connectivity index (χ3n) is 5.33. The van der Waals surface area contributed by atoms with E-state index >= 15 is 0 Å². The number of carbonyl (C=O) groups is 4. The number of esters is 1. The molecule has 2 aromatic carbocycles. The van der Waals surface area contributed by atoms with Crippen LogP contribution in [0.5, 0.6) is 0 Å². The Balaban J connectivity index is 1.58. The van der Waals surface area contributed by atoms with Crippen LogP contribution in [-0.2, 0) is 19.1 Å². The molecular weight excluding hydrogens is 396 g/mol. The zero-order valence-corrected chi connectivity index (χ0v) is 17.7. The van der Waals surface area contributed by atoms with Gasteiger partial charge in [-0.25, -0.2) is 4.79 Å². The van der Waals surface area contributed by atoms with Crippen LogP contribution in [0.15, 0.2) is 54.6 Å². The molecule has 3 rings (SSSR count). The van der Waals surface area contributed by atoms with E-state index in [0.29, 0.717) is 12.2 Å². The average molecular weight is 422 g/mol. The Morgan fingerprint density at radius 1 is 1.03 bits per heavy atom. The maximum absolute atomic E-state index is 12.5. The summed E-state index contributed by atoms with van der Waals surface area (Å²) in [4.78, 5) is 49.9. The smallest absolute Gasteiger partial charge is 0.338 e. The molecule has 0 aliphatic carbocycles. The van der Waals surface area contributed by atoms with Gasteiger partial charge in [-0.15, -0.1) is 0 Å². The number of hydrogen-bond donors (Lipinski definition) is 1. The van der Waals surface area contributed by atoms with E-state index in [1.807, 2.05) is 30.3 Å². The monoisotopic (exact) mass is 422 g/mol. The van der Waals surface area contributed by atoms with E-state index in [9.17, 15) is 19.2 Å². The third kappa shape index (κ3) is 5.36. The van der Waals surface area contributed by atoms with E-state index in [4.69, 9.17) is 4.74 Å². The van der Waals surface area contributed by atoms with Crippen molar-refractivity contribution in [3.8, 4) is 0 Å². The van der Waals surface area contributed by atoms with Crippen LogP contribution in [0.4, 0.5) is 5.69 Å². The van der Waals surface area contributed by atoms with Gasteiger partial charge in [0.05, 0.1) is 11.3 Å². The zero-order valence-electron chi connectivity index (χ0n) is 17.7. The van der Waals surface area contributed by atoms with Gasteiger partial charge in [0, 0.05) is 25.3 Å². The highest BCUT2D eigenvalue weighted by molar-refractivity contribution is 6.20. The highest BCUT2D eigenvalue weighted by atomic mass is 16.5. The van der Waals surface area contributed by atoms with Gasteiger partial charge in [0.1, 0.15) is 0 Å². The zero-order chi connectivity index (χ0) is 22.4. The van der Waals surface area contributed by atoms with Crippen molar-refractivity contribution in [1.82, 2.24) is 5.32 Å². The molecule has 0 spiro atoms. The normalized spacial score (nSPS) is 15.5. The lowest BCUT2D eigenvalue weighted by Crippen LogP contribution is -2.38. The van der Waals surface area contributed by atoms with Crippen LogP contribution in [0, 0.1) is 0 Å². The maximum Gasteiger partial charge on any atom is 0.338 e. The minimum Gasteiger partial charge on any atom is -0.449 e. The molecular formula is C24H26N2O5. The van der Waals surface area contributed by atoms with Gasteiger partial charge >= 0.3 is 5.97 Å². The van der Waals surface area contributed by atoms with Crippen LogP contribution >= 0.6 is 0 Å². The first-order valence-corrected chi connectivity index (χ1v) is 10.4. The third-order valence-corrected chi connectivity index (χ3v) is 5.33. The molecule has 2 atom stereocenters. The largest absolute Gasteiger partial charge is 0.449 e. The molecule has 0 unspecified atom stereocenters. The van der Waals surface area contributed by atoms with Crippen LogP contribution < -0.4 is 10.2 Å². The van der Waals surface area contributed by atoms with Crippen molar-refractivity contribution in [2.75, 3.05) is 11.4 Å². The molecule has 7 nitrogen and oxygen atoms in total. The van der Waals surface area contributed by atoms with Gasteiger partial charge in [-0.1, -0.05) is 43.3 Å². The van der Waals surface area contributed by atoms with Crippen LogP contribution in [-0.4, -0.2) is 36.3 Å². The second-order valence-corrected chi connectivity index (χ2v) is 7.48. The van der Waals surface area contributed by atoms with Crippen LogP contribution in [0.25, 0.3) is 0 Å². The molecule has 162 valence electrons. The van der Waals surface area contributed by atoms with E-state index in [1.54, 1.807) is 12.1 Å². The topological polar surface area (TPSA) is 92.8 Å². The number of benzene rings is 2. The second-order valence-electron chi connectivity index (χ2n) is 7.48. The Labute approximate surface area is 181 Å². The van der Waals surface area contributed by atoms with Gasteiger partial charge < -0.3 is 10.1 Å². The molecule has 1 aliphatic heterocycles. The number of anilines is 1. The molecule has 1 N–H and O–H groups in total. The standard InChI is InChI=1S/C24H26N2O5/c1-3-17(18-8-5-4-6-9-18)15-25-23(29)16(2)31-24(30)19-10-7-11-20(14-19)26-21(27)12-13-22(26)28/h4-11,14,16-17H,3,12-13,15H2,1-2H3,(H,25,29)/t16-,17+/m0/s1. The van der Waals surface area contributed by atoms with Crippen LogP contribution in [0.3, 0.4) is 0 Å². The van der Waals surface area contributed by atoms with Gasteiger partial charge in [0.2, 0.25) is 11.8 Å². The number of nitrogens with zero attached hydrogens (tertiary/aromatic N) is 1. The van der Waals surface area contributed by atoms with Gasteiger partial charge in [-0.2, -0.15) is 0 Å². The van der Waals surface area contributed by atoms with Gasteiger partial charge in [-0.3, -0.25) is 19.3 Å². The first-order valence-electron chi connectivity index (χ1n) is 10.4. The summed E-state index contributed by atoms with van der Waals surface area (Å²) in [5.74, 6) is -1.51. The number of rotatable bonds is 8. The molecule has 1 aliphatic rings. The van der Waals surface area contributed by atoms with Crippen molar-refractivity contribution < 1.29 is 23.9 Å². The predicted octanol–water partition coefficient (Wildman–Crippen LogP) is 3.20. The van der Waals surface area contributed by atoms with Crippen molar-refractivity contribution >= 4 is 29.4 Å². The van der Waals surface area contributed by atoms with Crippen LogP contribution in [0.1, 0.15) is 54.9 Å². The molecule has 0 bridgehead atoms. The number of amides is 3. The summed E-state index contributed by atoms with van der Waals surface area (Å²) >= 11 is 0. The molecule has 1 saturated heterocycles. The molecule has 0 aromatic heterocycles. The summed E-state index contributed by atoms with van der Waals surface area (Å²) in [6.45, 7) is 4.00. The summed E-state index contributed by atoms with van der Waals surface area (Å²) < 4.78 is 5.30.